The number of carboxylic acid groups (broad SMARTS) is 1. The van der Waals surface area contributed by atoms with Crippen LogP contribution in [0.25, 0.3) is 6.08 Å². The predicted octanol–water partition coefficient (Wildman–Crippen LogP) is 3.76. The van der Waals surface area contributed by atoms with Gasteiger partial charge in [0.2, 0.25) is 0 Å². The smallest absolute Gasteiger partial charge is 0.303 e. The minimum absolute atomic E-state index is 0.242. The standard InChI is InChI=1S/C19H26N2O2/c1-2-16-7-8-18(20-17(16)11-14-5-3-4-6-14)21-10-9-15(13-21)12-19(22)23/h2,7-8,14-15H,1,3-6,9-13H2,(H,22,23). The number of anilines is 1. The Morgan fingerprint density at radius 2 is 2.09 bits per heavy atom. The van der Waals surface area contributed by atoms with Gasteiger partial charge >= 0.3 is 5.97 Å². The predicted molar refractivity (Wildman–Crippen MR) is 92.6 cm³/mol. The summed E-state index contributed by atoms with van der Waals surface area (Å²) in [5, 5.41) is 8.96. The van der Waals surface area contributed by atoms with Gasteiger partial charge in [-0.3, -0.25) is 4.79 Å². The van der Waals surface area contributed by atoms with Crippen molar-refractivity contribution in [3.8, 4) is 0 Å². The van der Waals surface area contributed by atoms with E-state index in [0.29, 0.717) is 0 Å². The van der Waals surface area contributed by atoms with E-state index in [1.807, 2.05) is 6.08 Å². The van der Waals surface area contributed by atoms with Gasteiger partial charge in [-0.25, -0.2) is 4.98 Å². The van der Waals surface area contributed by atoms with Crippen molar-refractivity contribution >= 4 is 17.9 Å². The number of hydrogen-bond acceptors (Lipinski definition) is 3. The summed E-state index contributed by atoms with van der Waals surface area (Å²) in [7, 11) is 0. The zero-order valence-electron chi connectivity index (χ0n) is 13.7. The van der Waals surface area contributed by atoms with E-state index < -0.39 is 5.97 Å². The van der Waals surface area contributed by atoms with Crippen LogP contribution >= 0.6 is 0 Å². The van der Waals surface area contributed by atoms with Crippen LogP contribution in [0.15, 0.2) is 18.7 Å². The lowest BCUT2D eigenvalue weighted by Crippen LogP contribution is -2.22. The van der Waals surface area contributed by atoms with Crippen LogP contribution in [0.2, 0.25) is 0 Å². The molecule has 4 heteroatoms. The van der Waals surface area contributed by atoms with Crippen molar-refractivity contribution in [3.05, 3.63) is 30.0 Å². The molecule has 1 saturated heterocycles. The number of nitrogens with zero attached hydrogens (tertiary/aromatic N) is 2. The number of pyridine rings is 1. The molecule has 0 radical (unpaired) electrons. The number of carboxylic acids is 1. The van der Waals surface area contributed by atoms with Gasteiger partial charge in [-0.05, 0) is 42.4 Å². The molecule has 1 unspecified atom stereocenters. The molecule has 2 aliphatic rings. The third kappa shape index (κ3) is 3.92. The lowest BCUT2D eigenvalue weighted by atomic mass is 9.98. The molecule has 0 spiro atoms. The first-order valence-corrected chi connectivity index (χ1v) is 8.75. The topological polar surface area (TPSA) is 53.4 Å². The van der Waals surface area contributed by atoms with Crippen LogP contribution in [0.4, 0.5) is 5.82 Å². The van der Waals surface area contributed by atoms with Crippen molar-refractivity contribution in [2.24, 2.45) is 11.8 Å². The minimum Gasteiger partial charge on any atom is -0.481 e. The number of rotatable bonds is 6. The molecular weight excluding hydrogens is 288 g/mol. The first kappa shape index (κ1) is 16.0. The Labute approximate surface area is 138 Å². The summed E-state index contributed by atoms with van der Waals surface area (Å²) in [6, 6.07) is 4.17. The second-order valence-corrected chi connectivity index (χ2v) is 6.96. The quantitative estimate of drug-likeness (QED) is 0.868. The molecule has 1 atom stereocenters. The van der Waals surface area contributed by atoms with Crippen molar-refractivity contribution in [1.82, 2.24) is 4.98 Å². The molecule has 23 heavy (non-hydrogen) atoms. The summed E-state index contributed by atoms with van der Waals surface area (Å²) in [5.41, 5.74) is 2.30. The summed E-state index contributed by atoms with van der Waals surface area (Å²) >= 11 is 0. The SMILES string of the molecule is C=Cc1ccc(N2CCC(CC(=O)O)C2)nc1CC1CCCC1. The average molecular weight is 314 g/mol. The molecule has 1 aliphatic heterocycles. The summed E-state index contributed by atoms with van der Waals surface area (Å²) in [6.07, 6.45) is 9.46. The van der Waals surface area contributed by atoms with E-state index in [0.717, 1.165) is 48.9 Å². The lowest BCUT2D eigenvalue weighted by molar-refractivity contribution is -0.137. The van der Waals surface area contributed by atoms with Gasteiger partial charge in [0.05, 0.1) is 5.69 Å². The highest BCUT2D eigenvalue weighted by Gasteiger charge is 2.26. The highest BCUT2D eigenvalue weighted by atomic mass is 16.4. The van der Waals surface area contributed by atoms with Crippen LogP contribution < -0.4 is 4.90 Å². The third-order valence-electron chi connectivity index (χ3n) is 5.24. The van der Waals surface area contributed by atoms with Gasteiger partial charge in [-0.15, -0.1) is 0 Å². The third-order valence-corrected chi connectivity index (χ3v) is 5.24. The fraction of sp³-hybridized carbons (Fsp3) is 0.579. The Morgan fingerprint density at radius 1 is 1.30 bits per heavy atom. The van der Waals surface area contributed by atoms with E-state index in [1.165, 1.54) is 25.7 Å². The molecule has 0 amide bonds. The Kier molecular flexibility index (Phi) is 4.99. The zero-order valence-corrected chi connectivity index (χ0v) is 13.7. The van der Waals surface area contributed by atoms with Crippen molar-refractivity contribution in [3.63, 3.8) is 0 Å². The molecule has 1 saturated carbocycles. The lowest BCUT2D eigenvalue weighted by Gasteiger charge is -2.20. The second-order valence-electron chi connectivity index (χ2n) is 6.96. The normalized spacial score (nSPS) is 21.7. The maximum absolute atomic E-state index is 10.9. The monoisotopic (exact) mass is 314 g/mol. The van der Waals surface area contributed by atoms with Gasteiger partial charge in [-0.1, -0.05) is 38.3 Å². The Balaban J connectivity index is 1.72. The molecule has 1 aromatic rings. The Bertz CT molecular complexity index is 579. The maximum atomic E-state index is 10.9. The van der Waals surface area contributed by atoms with E-state index in [4.69, 9.17) is 10.1 Å². The van der Waals surface area contributed by atoms with Crippen LogP contribution in [0.5, 0.6) is 0 Å². The Morgan fingerprint density at radius 3 is 2.78 bits per heavy atom. The molecule has 0 aromatic carbocycles. The molecular formula is C19H26N2O2. The molecule has 124 valence electrons. The maximum Gasteiger partial charge on any atom is 0.303 e. The number of hydrogen-bond donors (Lipinski definition) is 1. The van der Waals surface area contributed by atoms with Crippen LogP contribution in [0, 0.1) is 11.8 Å². The molecule has 1 aromatic heterocycles. The van der Waals surface area contributed by atoms with Crippen molar-refractivity contribution in [1.29, 1.82) is 0 Å². The fourth-order valence-corrected chi connectivity index (χ4v) is 3.97. The minimum atomic E-state index is -0.700. The fourth-order valence-electron chi connectivity index (χ4n) is 3.97. The summed E-state index contributed by atoms with van der Waals surface area (Å²) in [6.45, 7) is 5.62. The highest BCUT2D eigenvalue weighted by Crippen LogP contribution is 2.30. The molecule has 3 rings (SSSR count). The highest BCUT2D eigenvalue weighted by molar-refractivity contribution is 5.67. The summed E-state index contributed by atoms with van der Waals surface area (Å²) in [4.78, 5) is 18.0. The number of carbonyl (C=O) groups is 1. The zero-order chi connectivity index (χ0) is 16.2. The summed E-state index contributed by atoms with van der Waals surface area (Å²) in [5.74, 6) is 1.30. The van der Waals surface area contributed by atoms with E-state index in [1.54, 1.807) is 0 Å². The summed E-state index contributed by atoms with van der Waals surface area (Å²) < 4.78 is 0. The van der Waals surface area contributed by atoms with Crippen molar-refractivity contribution in [2.75, 3.05) is 18.0 Å². The van der Waals surface area contributed by atoms with Gasteiger partial charge in [-0.2, -0.15) is 0 Å². The molecule has 4 nitrogen and oxygen atoms in total. The van der Waals surface area contributed by atoms with Crippen molar-refractivity contribution in [2.45, 2.75) is 44.9 Å². The van der Waals surface area contributed by atoms with Crippen LogP contribution in [-0.2, 0) is 11.2 Å². The van der Waals surface area contributed by atoms with Crippen LogP contribution in [0.3, 0.4) is 0 Å². The molecule has 2 heterocycles. The number of aromatic nitrogens is 1. The van der Waals surface area contributed by atoms with E-state index >= 15 is 0 Å². The largest absolute Gasteiger partial charge is 0.481 e. The van der Waals surface area contributed by atoms with Crippen LogP contribution in [-0.4, -0.2) is 29.1 Å². The first-order chi connectivity index (χ1) is 11.2. The average Bonchev–Trinajstić information content (AvgIpc) is 3.18. The second kappa shape index (κ2) is 7.16. The molecule has 1 aliphatic carbocycles. The van der Waals surface area contributed by atoms with Crippen LogP contribution in [0.1, 0.15) is 49.8 Å². The Hall–Kier alpha value is -1.84. The van der Waals surface area contributed by atoms with Gasteiger partial charge in [0, 0.05) is 19.5 Å². The van der Waals surface area contributed by atoms with E-state index in [2.05, 4.69) is 23.6 Å². The van der Waals surface area contributed by atoms with Gasteiger partial charge < -0.3 is 10.0 Å². The molecule has 2 fully saturated rings. The molecule has 0 bridgehead atoms. The van der Waals surface area contributed by atoms with Crippen molar-refractivity contribution < 1.29 is 9.90 Å². The van der Waals surface area contributed by atoms with E-state index in [9.17, 15) is 4.79 Å². The van der Waals surface area contributed by atoms with Gasteiger partial charge in [0.15, 0.2) is 0 Å². The first-order valence-electron chi connectivity index (χ1n) is 8.75. The molecule has 1 N–H and O–H groups in total. The van der Waals surface area contributed by atoms with Gasteiger partial charge in [0.25, 0.3) is 0 Å². The van der Waals surface area contributed by atoms with E-state index in [-0.39, 0.29) is 12.3 Å². The number of aliphatic carboxylic acids is 1. The van der Waals surface area contributed by atoms with Gasteiger partial charge in [0.1, 0.15) is 5.82 Å².